The molecule has 0 atom stereocenters. The molecule has 0 bridgehead atoms. The Bertz CT molecular complexity index is 810. The molecule has 5 nitrogen and oxygen atoms in total. The Balaban J connectivity index is 2.05. The maximum Gasteiger partial charge on any atom is 0.180 e. The SMILES string of the molecule is C=CCOc1c(Br)cc(C=NN=C(N)SCc2ccccc2)cc1OCC. The van der Waals surface area contributed by atoms with E-state index in [1.165, 1.54) is 17.3 Å². The van der Waals surface area contributed by atoms with Gasteiger partial charge in [0.05, 0.1) is 17.3 Å². The number of rotatable bonds is 9. The molecule has 7 heteroatoms. The molecular formula is C20H22BrN3O2S. The number of hydrogen-bond donors (Lipinski definition) is 1. The van der Waals surface area contributed by atoms with Gasteiger partial charge < -0.3 is 15.2 Å². The van der Waals surface area contributed by atoms with Crippen LogP contribution >= 0.6 is 27.7 Å². The lowest BCUT2D eigenvalue weighted by Gasteiger charge is -2.13. The Hall–Kier alpha value is -2.25. The molecule has 0 aliphatic rings. The minimum Gasteiger partial charge on any atom is -0.490 e. The standard InChI is InChI=1S/C20H22BrN3O2S/c1-3-10-26-19-17(21)11-16(12-18(19)25-4-2)13-23-24-20(22)27-14-15-8-6-5-7-9-15/h3,5-9,11-13H,1,4,10,14H2,2H3,(H2,22,24). The van der Waals surface area contributed by atoms with Crippen molar-refractivity contribution in [3.8, 4) is 11.5 Å². The third-order valence-corrected chi connectivity index (χ3v) is 4.71. The number of ether oxygens (including phenoxy) is 2. The van der Waals surface area contributed by atoms with Crippen LogP contribution in [0.1, 0.15) is 18.1 Å². The summed E-state index contributed by atoms with van der Waals surface area (Å²) in [6, 6.07) is 13.8. The van der Waals surface area contributed by atoms with Gasteiger partial charge in [-0.15, -0.1) is 5.10 Å². The van der Waals surface area contributed by atoms with Crippen molar-refractivity contribution in [3.05, 3.63) is 70.7 Å². The normalized spacial score (nSPS) is 11.6. The first-order valence-corrected chi connectivity index (χ1v) is 10.1. The first-order valence-electron chi connectivity index (χ1n) is 8.37. The van der Waals surface area contributed by atoms with Gasteiger partial charge in [0, 0.05) is 5.75 Å². The molecule has 0 saturated heterocycles. The first kappa shape index (κ1) is 21.1. The van der Waals surface area contributed by atoms with Crippen molar-refractivity contribution in [1.82, 2.24) is 0 Å². The molecule has 0 saturated carbocycles. The molecule has 2 N–H and O–H groups in total. The molecule has 0 aliphatic heterocycles. The second-order valence-corrected chi connectivity index (χ2v) is 7.17. The van der Waals surface area contributed by atoms with Gasteiger partial charge in [0.25, 0.3) is 0 Å². The van der Waals surface area contributed by atoms with E-state index in [0.717, 1.165) is 15.8 Å². The summed E-state index contributed by atoms with van der Waals surface area (Å²) >= 11 is 4.95. The van der Waals surface area contributed by atoms with E-state index in [9.17, 15) is 0 Å². The topological polar surface area (TPSA) is 69.2 Å². The minimum atomic E-state index is 0.394. The fourth-order valence-corrected chi connectivity index (χ4v) is 3.31. The van der Waals surface area contributed by atoms with Gasteiger partial charge in [-0.05, 0) is 46.1 Å². The summed E-state index contributed by atoms with van der Waals surface area (Å²) in [5.41, 5.74) is 7.91. The van der Waals surface area contributed by atoms with E-state index < -0.39 is 0 Å². The molecule has 0 fully saturated rings. The number of thioether (sulfide) groups is 1. The molecule has 2 aromatic rings. The lowest BCUT2D eigenvalue weighted by molar-refractivity contribution is 0.295. The molecule has 0 aliphatic carbocycles. The third kappa shape index (κ3) is 7.11. The summed E-state index contributed by atoms with van der Waals surface area (Å²) in [6.07, 6.45) is 3.31. The van der Waals surface area contributed by atoms with Gasteiger partial charge in [-0.2, -0.15) is 5.10 Å². The van der Waals surface area contributed by atoms with Crippen molar-refractivity contribution in [2.45, 2.75) is 12.7 Å². The molecule has 0 heterocycles. The minimum absolute atomic E-state index is 0.394. The number of hydrogen-bond acceptors (Lipinski definition) is 5. The molecule has 0 radical (unpaired) electrons. The number of nitrogens with zero attached hydrogens (tertiary/aromatic N) is 2. The Morgan fingerprint density at radius 3 is 2.74 bits per heavy atom. The summed E-state index contributed by atoms with van der Waals surface area (Å²) < 4.78 is 12.1. The van der Waals surface area contributed by atoms with Gasteiger partial charge in [0.1, 0.15) is 6.61 Å². The Labute approximate surface area is 172 Å². The van der Waals surface area contributed by atoms with Crippen LogP contribution in [0.2, 0.25) is 0 Å². The van der Waals surface area contributed by atoms with Gasteiger partial charge in [-0.25, -0.2) is 0 Å². The lowest BCUT2D eigenvalue weighted by Crippen LogP contribution is -2.06. The zero-order valence-electron chi connectivity index (χ0n) is 15.1. The van der Waals surface area contributed by atoms with Crippen molar-refractivity contribution < 1.29 is 9.47 Å². The van der Waals surface area contributed by atoms with Crippen LogP contribution in [0.3, 0.4) is 0 Å². The second kappa shape index (κ2) is 11.5. The summed E-state index contributed by atoms with van der Waals surface area (Å²) in [5, 5.41) is 8.52. The second-order valence-electron chi connectivity index (χ2n) is 5.32. The zero-order chi connectivity index (χ0) is 19.5. The Morgan fingerprint density at radius 2 is 2.04 bits per heavy atom. The van der Waals surface area contributed by atoms with E-state index >= 15 is 0 Å². The van der Waals surface area contributed by atoms with Gasteiger partial charge in [-0.1, -0.05) is 54.7 Å². The molecule has 142 valence electrons. The highest BCUT2D eigenvalue weighted by molar-refractivity contribution is 9.10. The van der Waals surface area contributed by atoms with Crippen LogP contribution < -0.4 is 15.2 Å². The van der Waals surface area contributed by atoms with E-state index in [-0.39, 0.29) is 0 Å². The summed E-state index contributed by atoms with van der Waals surface area (Å²) in [4.78, 5) is 0. The summed E-state index contributed by atoms with van der Waals surface area (Å²) in [7, 11) is 0. The van der Waals surface area contributed by atoms with Crippen molar-refractivity contribution in [3.63, 3.8) is 0 Å². The average molecular weight is 448 g/mol. The fraction of sp³-hybridized carbons (Fsp3) is 0.200. The molecule has 0 unspecified atom stereocenters. The van der Waals surface area contributed by atoms with E-state index in [2.05, 4.69) is 32.7 Å². The molecule has 27 heavy (non-hydrogen) atoms. The summed E-state index contributed by atoms with van der Waals surface area (Å²) in [5.74, 6) is 2.02. The number of halogens is 1. The largest absolute Gasteiger partial charge is 0.490 e. The van der Waals surface area contributed by atoms with Crippen molar-refractivity contribution in [2.24, 2.45) is 15.9 Å². The number of nitrogens with two attached hydrogens (primary N) is 1. The summed E-state index contributed by atoms with van der Waals surface area (Å²) in [6.45, 7) is 6.50. The molecule has 2 rings (SSSR count). The first-order chi connectivity index (χ1) is 13.1. The van der Waals surface area contributed by atoms with Crippen LogP contribution in [0, 0.1) is 0 Å². The van der Waals surface area contributed by atoms with Crippen molar-refractivity contribution in [2.75, 3.05) is 13.2 Å². The van der Waals surface area contributed by atoms with Crippen molar-refractivity contribution >= 4 is 39.1 Å². The van der Waals surface area contributed by atoms with E-state index in [0.29, 0.717) is 29.9 Å². The Kier molecular flexibility index (Phi) is 8.94. The maximum atomic E-state index is 5.91. The lowest BCUT2D eigenvalue weighted by atomic mass is 10.2. The molecule has 0 aromatic heterocycles. The molecule has 0 amide bonds. The van der Waals surface area contributed by atoms with Gasteiger partial charge in [0.15, 0.2) is 16.7 Å². The average Bonchev–Trinajstić information content (AvgIpc) is 2.67. The van der Waals surface area contributed by atoms with Crippen LogP contribution in [0.15, 0.2) is 69.8 Å². The third-order valence-electron chi connectivity index (χ3n) is 3.27. The monoisotopic (exact) mass is 447 g/mol. The van der Waals surface area contributed by atoms with Crippen molar-refractivity contribution in [1.29, 1.82) is 0 Å². The van der Waals surface area contributed by atoms with Gasteiger partial charge >= 0.3 is 0 Å². The smallest absolute Gasteiger partial charge is 0.180 e. The van der Waals surface area contributed by atoms with Crippen LogP contribution in [0.5, 0.6) is 11.5 Å². The van der Waals surface area contributed by atoms with E-state index in [1.807, 2.05) is 49.4 Å². The number of benzene rings is 2. The highest BCUT2D eigenvalue weighted by Gasteiger charge is 2.11. The highest BCUT2D eigenvalue weighted by Crippen LogP contribution is 2.36. The van der Waals surface area contributed by atoms with Crippen LogP contribution in [-0.2, 0) is 5.75 Å². The fourth-order valence-electron chi connectivity index (χ4n) is 2.12. The highest BCUT2D eigenvalue weighted by atomic mass is 79.9. The van der Waals surface area contributed by atoms with Crippen LogP contribution in [0.25, 0.3) is 0 Å². The Morgan fingerprint density at radius 1 is 1.26 bits per heavy atom. The maximum absolute atomic E-state index is 5.91. The van der Waals surface area contributed by atoms with Crippen LogP contribution in [0.4, 0.5) is 0 Å². The zero-order valence-corrected chi connectivity index (χ0v) is 17.5. The van der Waals surface area contributed by atoms with Gasteiger partial charge in [-0.3, -0.25) is 0 Å². The van der Waals surface area contributed by atoms with Crippen LogP contribution in [-0.4, -0.2) is 24.6 Å². The van der Waals surface area contributed by atoms with E-state index in [4.69, 9.17) is 15.2 Å². The quantitative estimate of drug-likeness (QED) is 0.254. The number of amidine groups is 1. The molecular weight excluding hydrogens is 426 g/mol. The predicted octanol–water partition coefficient (Wildman–Crippen LogP) is 4.99. The molecule has 0 spiro atoms. The predicted molar refractivity (Wildman–Crippen MR) is 118 cm³/mol. The van der Waals surface area contributed by atoms with E-state index in [1.54, 1.807) is 12.3 Å². The van der Waals surface area contributed by atoms with Gasteiger partial charge in [0.2, 0.25) is 0 Å². The molecule has 2 aromatic carbocycles.